The smallest absolute Gasteiger partial charge is 0.285 e. The Kier molecular flexibility index (Phi) is 7.75. The van der Waals surface area contributed by atoms with E-state index in [1.165, 1.54) is 6.07 Å². The number of pyridine rings is 1. The topological polar surface area (TPSA) is 155 Å². The normalized spacial score (nSPS) is 16.5. The average molecular weight is 599 g/mol. The first-order valence-electron chi connectivity index (χ1n) is 13.1. The van der Waals surface area contributed by atoms with Gasteiger partial charge in [0.05, 0.1) is 28.9 Å². The number of aromatic nitrogens is 5. The number of nitrogens with one attached hydrogen (secondary N) is 3. The van der Waals surface area contributed by atoms with Crippen LogP contribution in [0.1, 0.15) is 59.0 Å². The van der Waals surface area contributed by atoms with Crippen LogP contribution in [-0.2, 0) is 17.1 Å². The highest BCUT2D eigenvalue weighted by molar-refractivity contribution is 7.89. The lowest BCUT2D eigenvalue weighted by atomic mass is 9.95. The van der Waals surface area contributed by atoms with Gasteiger partial charge in [-0.3, -0.25) is 19.3 Å². The molecule has 12 nitrogen and oxygen atoms in total. The molecule has 0 saturated carbocycles. The molecular weight excluding hydrogens is 568 g/mol. The van der Waals surface area contributed by atoms with Crippen molar-refractivity contribution in [3.63, 3.8) is 0 Å². The monoisotopic (exact) mass is 598 g/mol. The molecule has 1 saturated heterocycles. The third-order valence-electron chi connectivity index (χ3n) is 7.19. The zero-order valence-electron chi connectivity index (χ0n) is 23.1. The number of aromatic amines is 1. The van der Waals surface area contributed by atoms with Crippen LogP contribution in [0.4, 0.5) is 11.6 Å². The SMILES string of the molecule is Cc1cc([C@@H](C)Nc2ccc(Cl)nc2C(=O)NS(C)(=O)=O)c2nc(N3CCC[C@H](c4ccn[nH]4)C3)n(C)c(=O)c2c1. The third kappa shape index (κ3) is 6.05. The maximum Gasteiger partial charge on any atom is 0.285 e. The first-order valence-corrected chi connectivity index (χ1v) is 15.4. The lowest BCUT2D eigenvalue weighted by Gasteiger charge is -2.34. The highest BCUT2D eigenvalue weighted by Crippen LogP contribution is 2.31. The fourth-order valence-electron chi connectivity index (χ4n) is 5.31. The molecule has 3 N–H and O–H groups in total. The molecule has 4 aromatic rings. The number of sulfonamides is 1. The number of amides is 1. The molecule has 5 rings (SSSR count). The van der Waals surface area contributed by atoms with Crippen molar-refractivity contribution >= 4 is 50.1 Å². The van der Waals surface area contributed by atoms with Crippen molar-refractivity contribution in [2.45, 2.75) is 38.6 Å². The van der Waals surface area contributed by atoms with Gasteiger partial charge in [-0.2, -0.15) is 5.10 Å². The van der Waals surface area contributed by atoms with Crippen LogP contribution in [0.5, 0.6) is 0 Å². The van der Waals surface area contributed by atoms with Gasteiger partial charge in [-0.1, -0.05) is 17.7 Å². The number of benzene rings is 1. The molecule has 1 fully saturated rings. The number of halogens is 1. The number of rotatable bonds is 7. The summed E-state index contributed by atoms with van der Waals surface area (Å²) in [7, 11) is -2.09. The number of nitrogens with zero attached hydrogens (tertiary/aromatic N) is 5. The van der Waals surface area contributed by atoms with Gasteiger partial charge in [0.1, 0.15) is 5.15 Å². The molecule has 4 heterocycles. The number of anilines is 2. The minimum atomic E-state index is -3.83. The van der Waals surface area contributed by atoms with E-state index in [0.717, 1.165) is 42.5 Å². The Hall–Kier alpha value is -3.97. The van der Waals surface area contributed by atoms with Crippen LogP contribution in [0.3, 0.4) is 0 Å². The zero-order valence-corrected chi connectivity index (χ0v) is 24.7. The Balaban J connectivity index is 1.54. The van der Waals surface area contributed by atoms with E-state index in [-0.39, 0.29) is 28.0 Å². The van der Waals surface area contributed by atoms with Crippen LogP contribution >= 0.6 is 11.6 Å². The number of piperidine rings is 1. The van der Waals surface area contributed by atoms with Gasteiger partial charge >= 0.3 is 0 Å². The second kappa shape index (κ2) is 11.1. The van der Waals surface area contributed by atoms with Crippen molar-refractivity contribution in [2.24, 2.45) is 7.05 Å². The maximum absolute atomic E-state index is 13.6. The summed E-state index contributed by atoms with van der Waals surface area (Å²) < 4.78 is 26.9. The molecule has 1 aliphatic rings. The summed E-state index contributed by atoms with van der Waals surface area (Å²) in [5, 5.41) is 10.9. The van der Waals surface area contributed by atoms with E-state index >= 15 is 0 Å². The Bertz CT molecular complexity index is 1790. The summed E-state index contributed by atoms with van der Waals surface area (Å²) >= 11 is 6.03. The Labute approximate surface area is 242 Å². The summed E-state index contributed by atoms with van der Waals surface area (Å²) in [6.07, 6.45) is 4.58. The zero-order chi connectivity index (χ0) is 29.5. The highest BCUT2D eigenvalue weighted by atomic mass is 35.5. The van der Waals surface area contributed by atoms with Crippen molar-refractivity contribution < 1.29 is 13.2 Å². The number of aryl methyl sites for hydroxylation is 1. The summed E-state index contributed by atoms with van der Waals surface area (Å²) in [4.78, 5) is 37.6. The fraction of sp³-hybridized carbons (Fsp3) is 0.370. The summed E-state index contributed by atoms with van der Waals surface area (Å²) in [6, 6.07) is 8.35. The molecule has 14 heteroatoms. The molecule has 0 spiro atoms. The molecule has 41 heavy (non-hydrogen) atoms. The van der Waals surface area contributed by atoms with Crippen molar-refractivity contribution in [2.75, 3.05) is 29.6 Å². The number of H-pyrrole nitrogens is 1. The van der Waals surface area contributed by atoms with Gasteiger partial charge in [0.15, 0.2) is 5.69 Å². The van der Waals surface area contributed by atoms with Crippen molar-refractivity contribution in [3.05, 3.63) is 74.6 Å². The lowest BCUT2D eigenvalue weighted by molar-refractivity contribution is 0.0977. The van der Waals surface area contributed by atoms with E-state index in [2.05, 4.69) is 25.4 Å². The maximum atomic E-state index is 13.6. The van der Waals surface area contributed by atoms with Crippen LogP contribution in [0, 0.1) is 6.92 Å². The van der Waals surface area contributed by atoms with Crippen molar-refractivity contribution in [1.82, 2.24) is 29.5 Å². The second-order valence-electron chi connectivity index (χ2n) is 10.4. The molecule has 0 radical (unpaired) electrons. The van der Waals surface area contributed by atoms with E-state index in [1.807, 2.05) is 36.8 Å². The molecule has 1 aromatic carbocycles. The van der Waals surface area contributed by atoms with Crippen LogP contribution in [0.25, 0.3) is 10.9 Å². The van der Waals surface area contributed by atoms with E-state index in [4.69, 9.17) is 16.6 Å². The molecular formula is C27H31ClN8O4S. The first-order chi connectivity index (χ1) is 19.4. The van der Waals surface area contributed by atoms with Crippen LogP contribution < -0.4 is 20.5 Å². The van der Waals surface area contributed by atoms with E-state index in [9.17, 15) is 18.0 Å². The van der Waals surface area contributed by atoms with Crippen LogP contribution in [0.2, 0.25) is 5.15 Å². The van der Waals surface area contributed by atoms with Gasteiger partial charge in [0, 0.05) is 43.5 Å². The molecule has 0 unspecified atom stereocenters. The first kappa shape index (κ1) is 28.6. The lowest BCUT2D eigenvalue weighted by Crippen LogP contribution is -2.39. The van der Waals surface area contributed by atoms with Gasteiger partial charge < -0.3 is 10.2 Å². The Morgan fingerprint density at radius 2 is 2.00 bits per heavy atom. The summed E-state index contributed by atoms with van der Waals surface area (Å²) in [5.74, 6) is -0.0961. The van der Waals surface area contributed by atoms with Gasteiger partial charge in [0.2, 0.25) is 16.0 Å². The Morgan fingerprint density at radius 1 is 1.22 bits per heavy atom. The number of carbonyl (C=O) groups excluding carboxylic acids is 1. The van der Waals surface area contributed by atoms with Gasteiger partial charge in [0.25, 0.3) is 11.5 Å². The second-order valence-corrected chi connectivity index (χ2v) is 12.6. The number of hydrogen-bond acceptors (Lipinski definition) is 9. The Morgan fingerprint density at radius 3 is 2.71 bits per heavy atom. The molecule has 1 amide bonds. The quantitative estimate of drug-likeness (QED) is 0.272. The molecule has 3 aromatic heterocycles. The highest BCUT2D eigenvalue weighted by Gasteiger charge is 2.27. The predicted molar refractivity (Wildman–Crippen MR) is 158 cm³/mol. The number of carbonyl (C=O) groups is 1. The van der Waals surface area contributed by atoms with Crippen molar-refractivity contribution in [3.8, 4) is 0 Å². The standard InChI is InChI=1S/C27H31ClN8O4S/c1-15-12-18(16(2)30-21-7-8-22(28)31-24(21)25(37)34-41(4,39)40)23-19(13-15)26(38)35(3)27(32-23)36-11-5-6-17(14-36)20-9-10-29-33-20/h7-10,12-13,16-17,30H,5-6,11,14H2,1-4H3,(H,29,33)(H,34,37)/t16-,17+/m1/s1. The molecule has 1 aliphatic heterocycles. The largest absolute Gasteiger partial charge is 0.377 e. The van der Waals surface area contributed by atoms with E-state index in [1.54, 1.807) is 23.9 Å². The minimum Gasteiger partial charge on any atom is -0.377 e. The van der Waals surface area contributed by atoms with Gasteiger partial charge in [-0.15, -0.1) is 0 Å². The summed E-state index contributed by atoms with van der Waals surface area (Å²) in [6.45, 7) is 5.23. The predicted octanol–water partition coefficient (Wildman–Crippen LogP) is 3.26. The van der Waals surface area contributed by atoms with Crippen molar-refractivity contribution in [1.29, 1.82) is 0 Å². The minimum absolute atomic E-state index is 0.0348. The van der Waals surface area contributed by atoms with Crippen LogP contribution in [-0.4, -0.2) is 58.4 Å². The molecule has 216 valence electrons. The van der Waals surface area contributed by atoms with Gasteiger partial charge in [-0.25, -0.2) is 23.1 Å². The van der Waals surface area contributed by atoms with E-state index in [0.29, 0.717) is 23.4 Å². The number of fused-ring (bicyclic) bond motifs is 1. The van der Waals surface area contributed by atoms with Gasteiger partial charge in [-0.05, 0) is 56.5 Å². The molecule has 2 atom stereocenters. The third-order valence-corrected chi connectivity index (χ3v) is 7.96. The summed E-state index contributed by atoms with van der Waals surface area (Å²) in [5.41, 5.74) is 3.16. The fourth-order valence-corrected chi connectivity index (χ4v) is 5.89. The average Bonchev–Trinajstić information content (AvgIpc) is 3.46. The van der Waals surface area contributed by atoms with E-state index < -0.39 is 22.0 Å². The van der Waals surface area contributed by atoms with Crippen LogP contribution in [0.15, 0.2) is 41.3 Å². The number of hydrogen-bond donors (Lipinski definition) is 3. The molecule has 0 bridgehead atoms. The molecule has 0 aliphatic carbocycles.